The van der Waals surface area contributed by atoms with E-state index in [0.717, 1.165) is 23.8 Å². The van der Waals surface area contributed by atoms with Crippen LogP contribution in [0.1, 0.15) is 37.7 Å². The zero-order valence-electron chi connectivity index (χ0n) is 17.0. The van der Waals surface area contributed by atoms with E-state index in [0.29, 0.717) is 33.0 Å². The van der Waals surface area contributed by atoms with Crippen molar-refractivity contribution in [2.75, 3.05) is 11.9 Å². The number of ether oxygens (including phenoxy) is 1. The van der Waals surface area contributed by atoms with Crippen LogP contribution in [0.2, 0.25) is 5.02 Å². The lowest BCUT2D eigenvalue weighted by atomic mass is 9.89. The third kappa shape index (κ3) is 5.68. The Morgan fingerprint density at radius 3 is 2.39 bits per heavy atom. The van der Waals surface area contributed by atoms with Crippen LogP contribution in [-0.2, 0) is 0 Å². The first-order valence-corrected chi connectivity index (χ1v) is 11.6. The van der Waals surface area contributed by atoms with E-state index < -0.39 is 0 Å². The number of halogens is 1. The van der Waals surface area contributed by atoms with Crippen LogP contribution >= 0.6 is 23.1 Å². The van der Waals surface area contributed by atoms with Crippen LogP contribution in [0.5, 0.6) is 17.4 Å². The number of nitrogens with one attached hydrogen (secondary N) is 3. The second kappa shape index (κ2) is 10.0. The monoisotopic (exact) mass is 456 g/mol. The fourth-order valence-electron chi connectivity index (χ4n) is 3.69. The van der Waals surface area contributed by atoms with Gasteiger partial charge in [0.1, 0.15) is 27.9 Å². The molecule has 1 fully saturated rings. The number of nitrogens with zero attached hydrogens (tertiary/aromatic N) is 1. The molecule has 1 aliphatic rings. The summed E-state index contributed by atoms with van der Waals surface area (Å²) in [5.74, 6) is 2.06. The lowest BCUT2D eigenvalue weighted by Gasteiger charge is -2.22. The van der Waals surface area contributed by atoms with Gasteiger partial charge in [0.05, 0.1) is 0 Å². The summed E-state index contributed by atoms with van der Waals surface area (Å²) >= 11 is 7.04. The van der Waals surface area contributed by atoms with Crippen LogP contribution in [-0.4, -0.2) is 21.9 Å². The van der Waals surface area contributed by atoms with Crippen molar-refractivity contribution in [3.8, 4) is 17.4 Å². The van der Waals surface area contributed by atoms with Crippen molar-refractivity contribution in [3.63, 3.8) is 0 Å². The summed E-state index contributed by atoms with van der Waals surface area (Å²) < 4.78 is 9.84. The van der Waals surface area contributed by atoms with Crippen LogP contribution in [0.25, 0.3) is 0 Å². The molecule has 31 heavy (non-hydrogen) atoms. The van der Waals surface area contributed by atoms with Gasteiger partial charge < -0.3 is 20.5 Å². The van der Waals surface area contributed by atoms with Crippen molar-refractivity contribution in [3.05, 3.63) is 59.1 Å². The van der Waals surface area contributed by atoms with Crippen molar-refractivity contribution >= 4 is 39.7 Å². The van der Waals surface area contributed by atoms with Crippen LogP contribution in [0.3, 0.4) is 0 Å². The smallest absolute Gasteiger partial charge is 0.236 e. The fraction of sp³-hybridized carbons (Fsp3) is 0.304. The maximum Gasteiger partial charge on any atom is 0.236 e. The molecule has 0 bridgehead atoms. The lowest BCUT2D eigenvalue weighted by molar-refractivity contribution is 0.356. The maximum atomic E-state index is 10.2. The summed E-state index contributed by atoms with van der Waals surface area (Å²) in [6, 6.07) is 14.6. The average Bonchev–Trinajstić information content (AvgIpc) is 3.15. The molecule has 0 spiro atoms. The number of hydrogen-bond donors (Lipinski definition) is 4. The molecule has 0 radical (unpaired) electrons. The van der Waals surface area contributed by atoms with E-state index in [1.54, 1.807) is 12.1 Å². The minimum atomic E-state index is -0.128. The minimum absolute atomic E-state index is 0.128. The van der Waals surface area contributed by atoms with Crippen LogP contribution in [0, 0.1) is 11.3 Å². The van der Waals surface area contributed by atoms with E-state index in [1.807, 2.05) is 36.4 Å². The molecule has 8 heteroatoms. The molecule has 0 unspecified atom stereocenters. The van der Waals surface area contributed by atoms with Gasteiger partial charge in [-0.25, -0.2) is 0 Å². The van der Waals surface area contributed by atoms with Gasteiger partial charge in [-0.15, -0.1) is 0 Å². The summed E-state index contributed by atoms with van der Waals surface area (Å²) in [5.41, 5.74) is 1.22. The van der Waals surface area contributed by atoms with Gasteiger partial charge in [-0.3, -0.25) is 5.41 Å². The molecule has 0 saturated heterocycles. The molecule has 0 amide bonds. The predicted octanol–water partition coefficient (Wildman–Crippen LogP) is 6.53. The van der Waals surface area contributed by atoms with Crippen molar-refractivity contribution in [1.29, 1.82) is 5.41 Å². The van der Waals surface area contributed by atoms with Gasteiger partial charge in [-0.1, -0.05) is 30.9 Å². The van der Waals surface area contributed by atoms with Crippen molar-refractivity contribution in [2.45, 2.75) is 32.1 Å². The molecule has 0 atom stereocenters. The van der Waals surface area contributed by atoms with Gasteiger partial charge in [-0.05, 0) is 78.8 Å². The van der Waals surface area contributed by atoms with E-state index in [4.69, 9.17) is 21.7 Å². The second-order valence-electron chi connectivity index (χ2n) is 7.68. The van der Waals surface area contributed by atoms with Crippen LogP contribution in [0.4, 0.5) is 10.7 Å². The first-order valence-electron chi connectivity index (χ1n) is 10.4. The summed E-state index contributed by atoms with van der Waals surface area (Å²) in [7, 11) is 0. The number of anilines is 2. The SMILES string of the molecule is N=C(NCC1CCCCC1)c1c(O)nsc1Nc1ccc(Oc2ccc(Cl)cc2)cc1. The zero-order valence-corrected chi connectivity index (χ0v) is 18.6. The van der Waals surface area contributed by atoms with E-state index in [2.05, 4.69) is 15.0 Å². The Morgan fingerprint density at radius 1 is 1.06 bits per heavy atom. The van der Waals surface area contributed by atoms with Crippen LogP contribution < -0.4 is 15.4 Å². The highest BCUT2D eigenvalue weighted by atomic mass is 35.5. The first kappa shape index (κ1) is 21.5. The molecule has 4 rings (SSSR count). The Morgan fingerprint density at radius 2 is 1.71 bits per heavy atom. The number of aromatic hydroxyl groups is 1. The predicted molar refractivity (Wildman–Crippen MR) is 126 cm³/mol. The molecule has 1 heterocycles. The zero-order chi connectivity index (χ0) is 21.6. The molecule has 2 aromatic carbocycles. The molecule has 4 N–H and O–H groups in total. The normalized spacial score (nSPS) is 14.2. The number of hydrogen-bond acceptors (Lipinski definition) is 6. The molecule has 3 aromatic rings. The van der Waals surface area contributed by atoms with Gasteiger partial charge >= 0.3 is 0 Å². The topological polar surface area (TPSA) is 90.3 Å². The molecular formula is C23H25ClN4O2S. The van der Waals surface area contributed by atoms with Gasteiger partial charge in [-0.2, -0.15) is 4.37 Å². The highest BCUT2D eigenvalue weighted by molar-refractivity contribution is 7.11. The van der Waals surface area contributed by atoms with Gasteiger partial charge in [0.2, 0.25) is 5.88 Å². The molecule has 1 aromatic heterocycles. The number of benzene rings is 2. The molecule has 6 nitrogen and oxygen atoms in total. The number of amidine groups is 1. The second-order valence-corrected chi connectivity index (χ2v) is 8.89. The van der Waals surface area contributed by atoms with Gasteiger partial charge in [0, 0.05) is 17.3 Å². The quantitative estimate of drug-likeness (QED) is 0.239. The van der Waals surface area contributed by atoms with E-state index in [-0.39, 0.29) is 11.7 Å². The molecular weight excluding hydrogens is 432 g/mol. The van der Waals surface area contributed by atoms with Gasteiger partial charge in [0.15, 0.2) is 0 Å². The highest BCUT2D eigenvalue weighted by Crippen LogP contribution is 2.33. The molecule has 1 aliphatic carbocycles. The average molecular weight is 457 g/mol. The summed E-state index contributed by atoms with van der Waals surface area (Å²) in [4.78, 5) is 0. The number of rotatable bonds is 7. The van der Waals surface area contributed by atoms with Crippen molar-refractivity contribution in [1.82, 2.24) is 9.69 Å². The fourth-order valence-corrected chi connectivity index (χ4v) is 4.54. The van der Waals surface area contributed by atoms with Gasteiger partial charge in [0.25, 0.3) is 0 Å². The Balaban J connectivity index is 1.38. The van der Waals surface area contributed by atoms with Crippen LogP contribution in [0.15, 0.2) is 48.5 Å². The standard InChI is InChI=1S/C23H25ClN4O2S/c24-16-6-10-18(11-7-16)30-19-12-8-17(9-13-19)27-23-20(22(29)28-31-23)21(25)26-14-15-4-2-1-3-5-15/h6-13,15,27H,1-5,14H2,(H2,25,26)(H,28,29). The largest absolute Gasteiger partial charge is 0.492 e. The molecule has 1 saturated carbocycles. The first-order chi connectivity index (χ1) is 15.1. The third-order valence-electron chi connectivity index (χ3n) is 5.38. The Labute approximate surface area is 190 Å². The van der Waals surface area contributed by atoms with E-state index in [1.165, 1.54) is 32.1 Å². The molecule has 0 aliphatic heterocycles. The lowest BCUT2D eigenvalue weighted by Crippen LogP contribution is -2.30. The Bertz CT molecular complexity index is 1020. The van der Waals surface area contributed by atoms with E-state index >= 15 is 0 Å². The minimum Gasteiger partial charge on any atom is -0.492 e. The van der Waals surface area contributed by atoms with E-state index in [9.17, 15) is 5.11 Å². The highest BCUT2D eigenvalue weighted by Gasteiger charge is 2.20. The Kier molecular flexibility index (Phi) is 6.94. The molecule has 162 valence electrons. The summed E-state index contributed by atoms with van der Waals surface area (Å²) in [6.45, 7) is 0.754. The maximum absolute atomic E-state index is 10.2. The summed E-state index contributed by atoms with van der Waals surface area (Å²) in [5, 5.41) is 26.3. The number of aromatic nitrogens is 1. The summed E-state index contributed by atoms with van der Waals surface area (Å²) in [6.07, 6.45) is 6.22. The van der Waals surface area contributed by atoms with Crippen molar-refractivity contribution < 1.29 is 9.84 Å². The van der Waals surface area contributed by atoms with Crippen molar-refractivity contribution in [2.24, 2.45) is 5.92 Å². The Hall–Kier alpha value is -2.77. The third-order valence-corrected chi connectivity index (χ3v) is 6.38.